The molecule has 0 aromatic carbocycles. The van der Waals surface area contributed by atoms with Crippen molar-refractivity contribution < 1.29 is 18.9 Å². The zero-order chi connectivity index (χ0) is 21.7. The second-order valence-electron chi connectivity index (χ2n) is 8.88. The average molecular weight is 373 g/mol. The third-order valence-corrected chi connectivity index (χ3v) is 8.39. The summed E-state index contributed by atoms with van der Waals surface area (Å²) in [6, 6.07) is 0. The van der Waals surface area contributed by atoms with Gasteiger partial charge < -0.3 is 9.94 Å². The van der Waals surface area contributed by atoms with Crippen LogP contribution >= 0.6 is 0 Å². The van der Waals surface area contributed by atoms with Crippen LogP contribution in [0.1, 0.15) is 75.7 Å². The van der Waals surface area contributed by atoms with Crippen molar-refractivity contribution in [2.24, 2.45) is 34.2 Å². The highest BCUT2D eigenvalue weighted by Gasteiger charge is 2.65. The molecule has 4 rings (SSSR count). The molecule has 146 valence electrons. The Balaban J connectivity index is 1.64. The van der Waals surface area contributed by atoms with Gasteiger partial charge in [0, 0.05) is 16.4 Å². The molecular formula is C23H31NO3. The molecule has 4 nitrogen and oxygen atoms in total. The molecule has 0 bridgehead atoms. The van der Waals surface area contributed by atoms with Gasteiger partial charge in [-0.25, -0.2) is 0 Å². The molecule has 4 heteroatoms. The number of hydrogen-bond acceptors (Lipinski definition) is 4. The fraction of sp³-hybridized carbons (Fsp3) is 0.739. The summed E-state index contributed by atoms with van der Waals surface area (Å²) in [5, 5.41) is 12.6. The molecule has 0 spiro atoms. The third kappa shape index (κ3) is 2.57. The predicted octanol–water partition coefficient (Wildman–Crippen LogP) is 4.71. The van der Waals surface area contributed by atoms with E-state index in [0.29, 0.717) is 30.1 Å². The molecule has 4 aliphatic carbocycles. The van der Waals surface area contributed by atoms with Gasteiger partial charge in [-0.2, -0.15) is 0 Å². The average Bonchev–Trinajstić information content (AvgIpc) is 3.07. The summed E-state index contributed by atoms with van der Waals surface area (Å²) in [5.74, 6) is 3.56. The lowest BCUT2D eigenvalue weighted by atomic mass is 9.49. The number of fused-ring (bicyclic) bond motifs is 5. The van der Waals surface area contributed by atoms with E-state index in [1.54, 1.807) is 0 Å². The van der Waals surface area contributed by atoms with Gasteiger partial charge in [-0.3, -0.25) is 4.79 Å². The smallest absolute Gasteiger partial charge is 0.304 e. The van der Waals surface area contributed by atoms with Gasteiger partial charge in [-0.1, -0.05) is 23.6 Å². The van der Waals surface area contributed by atoms with Gasteiger partial charge in [0.1, 0.15) is 0 Å². The first kappa shape index (κ1) is 15.2. The molecule has 0 saturated heterocycles. The zero-order valence-electron chi connectivity index (χ0n) is 19.0. The number of terminal acetylenes is 1. The van der Waals surface area contributed by atoms with Crippen molar-refractivity contribution in [2.75, 3.05) is 0 Å². The van der Waals surface area contributed by atoms with Gasteiger partial charge >= 0.3 is 5.97 Å². The number of esters is 1. The molecule has 0 radical (unpaired) electrons. The summed E-state index contributed by atoms with van der Waals surface area (Å²) in [6.45, 7) is -0.695. The monoisotopic (exact) mass is 372 g/mol. The van der Waals surface area contributed by atoms with E-state index in [1.807, 2.05) is 0 Å². The third-order valence-electron chi connectivity index (χ3n) is 8.39. The van der Waals surface area contributed by atoms with E-state index < -0.39 is 18.4 Å². The van der Waals surface area contributed by atoms with Crippen molar-refractivity contribution in [2.45, 2.75) is 77.2 Å². The van der Waals surface area contributed by atoms with Crippen LogP contribution in [0, 0.1) is 41.4 Å². The summed E-state index contributed by atoms with van der Waals surface area (Å²) in [6.07, 6.45) is 16.0. The molecule has 0 aromatic rings. The Bertz CT molecular complexity index is 827. The van der Waals surface area contributed by atoms with Crippen LogP contribution in [0.15, 0.2) is 16.8 Å². The number of oxime groups is 1. The molecule has 27 heavy (non-hydrogen) atoms. The van der Waals surface area contributed by atoms with Gasteiger partial charge in [-0.05, 0) is 87.5 Å². The van der Waals surface area contributed by atoms with E-state index in [0.717, 1.165) is 57.1 Å². The van der Waals surface area contributed by atoms with Crippen LogP contribution in [-0.2, 0) is 9.53 Å². The molecule has 1 N–H and O–H groups in total. The molecule has 6 atom stereocenters. The quantitative estimate of drug-likeness (QED) is 0.330. The minimum atomic E-state index is -2.80. The maximum absolute atomic E-state index is 12.3. The first-order valence-corrected chi connectivity index (χ1v) is 10.3. The fourth-order valence-corrected chi connectivity index (χ4v) is 7.37. The molecule has 0 heterocycles. The molecule has 0 amide bonds. The van der Waals surface area contributed by atoms with Crippen LogP contribution in [0.2, 0.25) is 0 Å². The van der Waals surface area contributed by atoms with E-state index in [-0.39, 0.29) is 5.41 Å². The first-order chi connectivity index (χ1) is 14.2. The maximum Gasteiger partial charge on any atom is 0.304 e. The Kier molecular flexibility index (Phi) is 3.76. The lowest BCUT2D eigenvalue weighted by molar-refractivity contribution is -0.170. The molecule has 0 aromatic heterocycles. The van der Waals surface area contributed by atoms with Gasteiger partial charge in [0.15, 0.2) is 5.60 Å². The topological polar surface area (TPSA) is 58.9 Å². The second-order valence-corrected chi connectivity index (χ2v) is 8.88. The Morgan fingerprint density at radius 3 is 2.93 bits per heavy atom. The van der Waals surface area contributed by atoms with Gasteiger partial charge in [0.05, 0.1) is 5.71 Å². The number of allylic oxidation sites excluding steroid dienone is 2. The molecular weight excluding hydrogens is 338 g/mol. The Labute approximate surface area is 166 Å². The standard InChI is InChI=1S/C23H31NO3/c1-4-22-12-10-19-18-9-7-17(24-26)14-16(18)6-8-20(19)21(22)11-13-23(22,5-2)27-15(3)25/h2,14,18-21,26H,4,6-13H2,1,3H3/b24-17-/t18-,19+,20+,21-,22-,23-/m0/s1/i3D3. The summed E-state index contributed by atoms with van der Waals surface area (Å²) >= 11 is 0. The molecule has 3 saturated carbocycles. The number of carbonyl (C=O) groups excluding carboxylic acids is 1. The second kappa shape index (κ2) is 6.69. The van der Waals surface area contributed by atoms with E-state index in [4.69, 9.17) is 20.5 Å². The van der Waals surface area contributed by atoms with Gasteiger partial charge in [-0.15, -0.1) is 6.42 Å². The Morgan fingerprint density at radius 2 is 2.22 bits per heavy atom. The van der Waals surface area contributed by atoms with Gasteiger partial charge in [0.2, 0.25) is 0 Å². The normalized spacial score (nSPS) is 46.6. The number of nitrogens with zero attached hydrogens (tertiary/aromatic N) is 1. The highest BCUT2D eigenvalue weighted by atomic mass is 16.6. The number of hydrogen-bond donors (Lipinski definition) is 1. The van der Waals surface area contributed by atoms with E-state index in [2.05, 4.69) is 24.1 Å². The predicted molar refractivity (Wildman–Crippen MR) is 104 cm³/mol. The van der Waals surface area contributed by atoms with Crippen LogP contribution in [0.5, 0.6) is 0 Å². The molecule has 4 aliphatic rings. The first-order valence-electron chi connectivity index (χ1n) is 11.8. The van der Waals surface area contributed by atoms with Crippen LogP contribution < -0.4 is 0 Å². The van der Waals surface area contributed by atoms with Crippen molar-refractivity contribution in [3.8, 4) is 12.3 Å². The molecule has 3 fully saturated rings. The fourth-order valence-electron chi connectivity index (χ4n) is 7.37. The largest absolute Gasteiger partial charge is 0.445 e. The highest BCUT2D eigenvalue weighted by molar-refractivity contribution is 5.96. The summed E-state index contributed by atoms with van der Waals surface area (Å²) < 4.78 is 28.1. The number of carbonyl (C=O) groups is 1. The number of ether oxygens (including phenoxy) is 1. The van der Waals surface area contributed by atoms with Crippen molar-refractivity contribution in [3.05, 3.63) is 11.6 Å². The van der Waals surface area contributed by atoms with Crippen LogP contribution in [0.4, 0.5) is 0 Å². The summed E-state index contributed by atoms with van der Waals surface area (Å²) in [5.41, 5.74) is 0.719. The lowest BCUT2D eigenvalue weighted by Crippen LogP contribution is -2.55. The highest BCUT2D eigenvalue weighted by Crippen LogP contribution is 2.67. The minimum absolute atomic E-state index is 0.344. The number of rotatable bonds is 2. The SMILES string of the molecule is [2H]C([2H])([2H])C(=O)O[C@@]1(C#C)CC[C@H]2[C@@H]3CCC4=C/C(=N\O)CC[C@@H]4[C@H]3CC[C@@]21CC. The van der Waals surface area contributed by atoms with Crippen molar-refractivity contribution in [1.82, 2.24) is 0 Å². The van der Waals surface area contributed by atoms with E-state index in [9.17, 15) is 4.79 Å². The minimum Gasteiger partial charge on any atom is -0.445 e. The zero-order valence-corrected chi connectivity index (χ0v) is 16.0. The maximum atomic E-state index is 12.3. The van der Waals surface area contributed by atoms with Crippen molar-refractivity contribution >= 4 is 11.7 Å². The van der Waals surface area contributed by atoms with Crippen LogP contribution in [-0.4, -0.2) is 22.5 Å². The molecule has 0 unspecified atom stereocenters. The Morgan fingerprint density at radius 1 is 1.37 bits per heavy atom. The molecule has 0 aliphatic heterocycles. The Hall–Kier alpha value is -1.76. The lowest BCUT2D eigenvalue weighted by Gasteiger charge is -2.56. The summed E-state index contributed by atoms with van der Waals surface area (Å²) in [7, 11) is 0. The summed E-state index contributed by atoms with van der Waals surface area (Å²) in [4.78, 5) is 12.3. The van der Waals surface area contributed by atoms with Gasteiger partial charge in [0.25, 0.3) is 0 Å². The van der Waals surface area contributed by atoms with E-state index >= 15 is 0 Å². The van der Waals surface area contributed by atoms with Crippen LogP contribution in [0.3, 0.4) is 0 Å². The van der Waals surface area contributed by atoms with E-state index in [1.165, 1.54) is 5.57 Å². The van der Waals surface area contributed by atoms with Crippen molar-refractivity contribution in [1.29, 1.82) is 0 Å². The van der Waals surface area contributed by atoms with Crippen molar-refractivity contribution in [3.63, 3.8) is 0 Å². The van der Waals surface area contributed by atoms with Crippen LogP contribution in [0.25, 0.3) is 0 Å².